The van der Waals surface area contributed by atoms with Crippen LogP contribution in [0.1, 0.15) is 0 Å². The molecule has 0 saturated carbocycles. The van der Waals surface area contributed by atoms with Gasteiger partial charge in [-0.25, -0.2) is 4.79 Å². The van der Waals surface area contributed by atoms with Crippen LogP contribution in [-0.4, -0.2) is 12.3 Å². The second kappa shape index (κ2) is 3.56. The zero-order valence-electron chi connectivity index (χ0n) is 3.55. The fourth-order valence-electron chi connectivity index (χ4n) is 0.110. The number of amides is 2. The van der Waals surface area contributed by atoms with Crippen LogP contribution in [0.2, 0.25) is 0 Å². The first-order chi connectivity index (χ1) is 3.27. The minimum atomic E-state index is -0.650. The molecule has 0 aliphatic carbocycles. The summed E-state index contributed by atoms with van der Waals surface area (Å²) >= 11 is 0. The Bertz CT molecular complexity index is 83.8. The molecule has 0 rings (SSSR count). The molecule has 0 aromatic carbocycles. The smallest absolute Gasteiger partial charge is 0.312 e. The SMILES string of the molecule is NC(=O)NCP=O. The van der Waals surface area contributed by atoms with Crippen LogP contribution in [0, 0.1) is 0 Å². The lowest BCUT2D eigenvalue weighted by molar-refractivity contribution is 0.250. The van der Waals surface area contributed by atoms with Crippen LogP contribution in [0.3, 0.4) is 0 Å². The van der Waals surface area contributed by atoms with Gasteiger partial charge in [-0.2, -0.15) is 0 Å². The molecular formula is C2H5N2O2P. The normalized spacial score (nSPS) is 8.57. The Morgan fingerprint density at radius 1 is 1.86 bits per heavy atom. The maximum atomic E-state index is 9.73. The average Bonchev–Trinajstić information content (AvgIpc) is 1.61. The van der Waals surface area contributed by atoms with Crippen molar-refractivity contribution < 1.29 is 9.36 Å². The summed E-state index contributed by atoms with van der Waals surface area (Å²) in [5, 5.41) is 2.11. The molecule has 0 bridgehead atoms. The van der Waals surface area contributed by atoms with Crippen LogP contribution in [-0.2, 0) is 4.57 Å². The second-order valence-corrected chi connectivity index (χ2v) is 1.40. The third-order valence-corrected chi connectivity index (χ3v) is 0.605. The largest absolute Gasteiger partial charge is 0.352 e. The van der Waals surface area contributed by atoms with Gasteiger partial charge in [0.2, 0.25) is 0 Å². The lowest BCUT2D eigenvalue weighted by atomic mass is 11.0. The summed E-state index contributed by atoms with van der Waals surface area (Å²) in [6.07, 6.45) is 0.0926. The van der Waals surface area contributed by atoms with Gasteiger partial charge in [-0.3, -0.25) is 4.57 Å². The molecule has 0 aliphatic rings. The van der Waals surface area contributed by atoms with Gasteiger partial charge in [0.1, 0.15) is 6.29 Å². The third kappa shape index (κ3) is 5.37. The molecule has 5 heteroatoms. The van der Waals surface area contributed by atoms with Gasteiger partial charge in [0.05, 0.1) is 0 Å². The van der Waals surface area contributed by atoms with E-state index in [2.05, 4.69) is 11.1 Å². The van der Waals surface area contributed by atoms with E-state index in [1.54, 1.807) is 0 Å². The summed E-state index contributed by atoms with van der Waals surface area (Å²) < 4.78 is 9.54. The molecule has 3 N–H and O–H groups in total. The van der Waals surface area contributed by atoms with Crippen LogP contribution in [0.25, 0.3) is 0 Å². The first-order valence-electron chi connectivity index (χ1n) is 1.60. The third-order valence-electron chi connectivity index (χ3n) is 0.318. The first kappa shape index (κ1) is 6.37. The molecule has 0 heterocycles. The number of nitrogens with one attached hydrogen (secondary N) is 1. The summed E-state index contributed by atoms with van der Waals surface area (Å²) in [5.41, 5.74) is 4.59. The first-order valence-corrected chi connectivity index (χ1v) is 2.59. The van der Waals surface area contributed by atoms with Gasteiger partial charge in [-0.15, -0.1) is 0 Å². The van der Waals surface area contributed by atoms with E-state index >= 15 is 0 Å². The molecule has 0 radical (unpaired) electrons. The number of carbonyl (C=O) groups is 1. The topological polar surface area (TPSA) is 72.2 Å². The van der Waals surface area contributed by atoms with Gasteiger partial charge in [0.15, 0.2) is 8.46 Å². The summed E-state index contributed by atoms with van der Waals surface area (Å²) in [7, 11) is -0.122. The number of rotatable bonds is 2. The number of primary amides is 1. The monoisotopic (exact) mass is 120 g/mol. The Morgan fingerprint density at radius 2 is 2.43 bits per heavy atom. The van der Waals surface area contributed by atoms with Crippen LogP contribution < -0.4 is 11.1 Å². The van der Waals surface area contributed by atoms with Gasteiger partial charge >= 0.3 is 6.03 Å². The number of urea groups is 1. The maximum absolute atomic E-state index is 9.73. The van der Waals surface area contributed by atoms with E-state index in [4.69, 9.17) is 0 Å². The molecule has 40 valence electrons. The minimum absolute atomic E-state index is 0.0926. The maximum Gasteiger partial charge on any atom is 0.312 e. The molecule has 0 aromatic heterocycles. The predicted octanol–water partition coefficient (Wildman–Crippen LogP) is -0.0961. The fraction of sp³-hybridized carbons (Fsp3) is 0.500. The Morgan fingerprint density at radius 3 is 2.57 bits per heavy atom. The molecule has 0 aromatic rings. The van der Waals surface area contributed by atoms with Gasteiger partial charge in [-0.1, -0.05) is 0 Å². The number of hydrogen-bond donors (Lipinski definition) is 2. The Hall–Kier alpha value is -0.630. The standard InChI is InChI=1S/C2H5N2O2P/c3-2(5)4-1-7-6/h1H2,(H3,3,4,5). The predicted molar refractivity (Wildman–Crippen MR) is 25.2 cm³/mol. The van der Waals surface area contributed by atoms with Gasteiger partial charge < -0.3 is 11.1 Å². The Balaban J connectivity index is 2.97. The highest BCUT2D eigenvalue weighted by Gasteiger charge is 1.84. The van der Waals surface area contributed by atoms with Crippen molar-refractivity contribution in [2.45, 2.75) is 0 Å². The highest BCUT2D eigenvalue weighted by molar-refractivity contribution is 7.23. The Kier molecular flexibility index (Phi) is 3.24. The van der Waals surface area contributed by atoms with Gasteiger partial charge in [-0.05, 0) is 0 Å². The van der Waals surface area contributed by atoms with Gasteiger partial charge in [0.25, 0.3) is 0 Å². The van der Waals surface area contributed by atoms with Crippen molar-refractivity contribution in [1.82, 2.24) is 5.32 Å². The van der Waals surface area contributed by atoms with Crippen LogP contribution in [0.15, 0.2) is 0 Å². The van der Waals surface area contributed by atoms with Crippen LogP contribution >= 0.6 is 8.46 Å². The lowest BCUT2D eigenvalue weighted by Gasteiger charge is -1.87. The molecule has 4 nitrogen and oxygen atoms in total. The number of nitrogens with two attached hydrogens (primary N) is 1. The number of hydrogen-bond acceptors (Lipinski definition) is 2. The molecule has 7 heavy (non-hydrogen) atoms. The van der Waals surface area contributed by atoms with E-state index in [-0.39, 0.29) is 14.7 Å². The highest BCUT2D eigenvalue weighted by atomic mass is 31.1. The van der Waals surface area contributed by atoms with Gasteiger partial charge in [0, 0.05) is 0 Å². The van der Waals surface area contributed by atoms with Crippen molar-refractivity contribution in [2.24, 2.45) is 5.73 Å². The summed E-state index contributed by atoms with van der Waals surface area (Å²) in [5.74, 6) is 0. The van der Waals surface area contributed by atoms with E-state index < -0.39 is 6.03 Å². The van der Waals surface area contributed by atoms with E-state index in [9.17, 15) is 9.36 Å². The number of carbonyl (C=O) groups excluding carboxylic acids is 1. The molecule has 2 amide bonds. The Labute approximate surface area is 42.3 Å². The molecule has 0 spiro atoms. The molecule has 0 fully saturated rings. The van der Waals surface area contributed by atoms with E-state index in [1.807, 2.05) is 0 Å². The lowest BCUT2D eigenvalue weighted by Crippen LogP contribution is -2.27. The zero-order valence-corrected chi connectivity index (χ0v) is 4.44. The quantitative estimate of drug-likeness (QED) is 0.499. The van der Waals surface area contributed by atoms with Crippen LogP contribution in [0.4, 0.5) is 4.79 Å². The van der Waals surface area contributed by atoms with Crippen molar-refractivity contribution in [2.75, 3.05) is 6.29 Å². The van der Waals surface area contributed by atoms with Crippen molar-refractivity contribution in [3.8, 4) is 0 Å². The zero-order chi connectivity index (χ0) is 5.70. The summed E-state index contributed by atoms with van der Waals surface area (Å²) in [4.78, 5) is 9.73. The summed E-state index contributed by atoms with van der Waals surface area (Å²) in [6, 6.07) is -0.650. The highest BCUT2D eigenvalue weighted by Crippen LogP contribution is 1.81. The molecular weight excluding hydrogens is 115 g/mol. The molecule has 0 atom stereocenters. The molecule has 0 unspecified atom stereocenters. The molecule has 0 saturated heterocycles. The van der Waals surface area contributed by atoms with E-state index in [0.717, 1.165) is 0 Å². The van der Waals surface area contributed by atoms with E-state index in [1.165, 1.54) is 0 Å². The van der Waals surface area contributed by atoms with Crippen molar-refractivity contribution in [1.29, 1.82) is 0 Å². The van der Waals surface area contributed by atoms with Crippen LogP contribution in [0.5, 0.6) is 0 Å². The summed E-state index contributed by atoms with van der Waals surface area (Å²) in [6.45, 7) is 0. The molecule has 0 aliphatic heterocycles. The average molecular weight is 120 g/mol. The fourth-order valence-corrected chi connectivity index (χ4v) is 0.331. The van der Waals surface area contributed by atoms with Crippen molar-refractivity contribution >= 4 is 14.5 Å². The minimum Gasteiger partial charge on any atom is -0.352 e. The van der Waals surface area contributed by atoms with Crippen molar-refractivity contribution in [3.63, 3.8) is 0 Å². The van der Waals surface area contributed by atoms with E-state index in [0.29, 0.717) is 0 Å². The van der Waals surface area contributed by atoms with Crippen molar-refractivity contribution in [3.05, 3.63) is 0 Å². The second-order valence-electron chi connectivity index (χ2n) is 0.828.